The molecule has 7 nitrogen and oxygen atoms in total. The number of aryl methyl sites for hydroxylation is 1. The SMILES string of the molecule is Cc1noc(-c2cc(C3(C(=O)O)CC3)ccc2-c2ccccc2)c1Nc1cccc(OC2CCC2)n1. The number of pyridine rings is 1. The van der Waals surface area contributed by atoms with Gasteiger partial charge in [0.1, 0.15) is 23.3 Å². The van der Waals surface area contributed by atoms with Crippen LogP contribution in [0.1, 0.15) is 43.4 Å². The van der Waals surface area contributed by atoms with Gasteiger partial charge in [0.2, 0.25) is 5.88 Å². The normalized spacial score (nSPS) is 16.2. The highest BCUT2D eigenvalue weighted by molar-refractivity contribution is 5.91. The lowest BCUT2D eigenvalue weighted by molar-refractivity contribution is -0.140. The van der Waals surface area contributed by atoms with E-state index in [1.165, 1.54) is 6.42 Å². The molecule has 0 atom stereocenters. The van der Waals surface area contributed by atoms with Crippen LogP contribution in [0.5, 0.6) is 5.88 Å². The minimum absolute atomic E-state index is 0.237. The largest absolute Gasteiger partial charge is 0.481 e. The number of aromatic nitrogens is 2. The molecule has 2 N–H and O–H groups in total. The van der Waals surface area contributed by atoms with Gasteiger partial charge < -0.3 is 19.7 Å². The monoisotopic (exact) mass is 481 g/mol. The zero-order chi connectivity index (χ0) is 24.7. The fraction of sp³-hybridized carbons (Fsp3) is 0.276. The summed E-state index contributed by atoms with van der Waals surface area (Å²) in [7, 11) is 0. The first-order valence-electron chi connectivity index (χ1n) is 12.3. The lowest BCUT2D eigenvalue weighted by Gasteiger charge is -2.25. The van der Waals surface area contributed by atoms with Gasteiger partial charge in [-0.3, -0.25) is 4.79 Å². The van der Waals surface area contributed by atoms with Crippen LogP contribution in [0.15, 0.2) is 71.3 Å². The molecule has 2 heterocycles. The van der Waals surface area contributed by atoms with Gasteiger partial charge in [0.25, 0.3) is 0 Å². The molecule has 4 aromatic rings. The van der Waals surface area contributed by atoms with E-state index in [2.05, 4.69) is 15.5 Å². The maximum atomic E-state index is 12.1. The fourth-order valence-electron chi connectivity index (χ4n) is 4.69. The first-order valence-corrected chi connectivity index (χ1v) is 12.3. The first kappa shape index (κ1) is 22.3. The summed E-state index contributed by atoms with van der Waals surface area (Å²) in [5, 5.41) is 17.5. The fourth-order valence-corrected chi connectivity index (χ4v) is 4.69. The Bertz CT molecular complexity index is 1420. The Morgan fingerprint density at radius 2 is 1.86 bits per heavy atom. The average molecular weight is 482 g/mol. The van der Waals surface area contributed by atoms with E-state index in [-0.39, 0.29) is 6.10 Å². The second-order valence-corrected chi connectivity index (χ2v) is 9.64. The lowest BCUT2D eigenvalue weighted by atomic mass is 9.89. The quantitative estimate of drug-likeness (QED) is 0.296. The number of hydrogen-bond donors (Lipinski definition) is 2. The zero-order valence-electron chi connectivity index (χ0n) is 20.0. The summed E-state index contributed by atoms with van der Waals surface area (Å²) in [5.41, 5.74) is 4.05. The van der Waals surface area contributed by atoms with E-state index in [0.29, 0.717) is 41.7 Å². The molecule has 0 saturated heterocycles. The number of aliphatic carboxylic acids is 1. The number of anilines is 2. The molecule has 2 fully saturated rings. The van der Waals surface area contributed by atoms with Crippen LogP contribution < -0.4 is 10.1 Å². The zero-order valence-corrected chi connectivity index (χ0v) is 20.0. The van der Waals surface area contributed by atoms with Crippen LogP contribution in [0.3, 0.4) is 0 Å². The Kier molecular flexibility index (Phi) is 5.48. The number of rotatable bonds is 8. The Morgan fingerprint density at radius 3 is 2.56 bits per heavy atom. The minimum Gasteiger partial charge on any atom is -0.481 e. The average Bonchev–Trinajstić information content (AvgIpc) is 3.62. The van der Waals surface area contributed by atoms with Crippen molar-refractivity contribution in [2.24, 2.45) is 0 Å². The molecule has 0 unspecified atom stereocenters. The Labute approximate surface area is 209 Å². The second-order valence-electron chi connectivity index (χ2n) is 9.64. The van der Waals surface area contributed by atoms with Crippen molar-refractivity contribution >= 4 is 17.5 Å². The van der Waals surface area contributed by atoms with Crippen LogP contribution >= 0.6 is 0 Å². The summed E-state index contributed by atoms with van der Waals surface area (Å²) in [6, 6.07) is 21.5. The van der Waals surface area contributed by atoms with Crippen molar-refractivity contribution in [2.45, 2.75) is 50.5 Å². The predicted molar refractivity (Wildman–Crippen MR) is 136 cm³/mol. The number of carbonyl (C=O) groups is 1. The van der Waals surface area contributed by atoms with Crippen molar-refractivity contribution in [3.05, 3.63) is 78.0 Å². The van der Waals surface area contributed by atoms with E-state index in [9.17, 15) is 9.90 Å². The summed E-state index contributed by atoms with van der Waals surface area (Å²) in [5.74, 6) is 0.965. The molecular formula is C29H27N3O4. The molecule has 6 rings (SSSR count). The van der Waals surface area contributed by atoms with Crippen LogP contribution in [-0.4, -0.2) is 27.3 Å². The smallest absolute Gasteiger partial charge is 0.314 e. The van der Waals surface area contributed by atoms with E-state index >= 15 is 0 Å². The van der Waals surface area contributed by atoms with Gasteiger partial charge >= 0.3 is 5.97 Å². The number of nitrogens with zero attached hydrogens (tertiary/aromatic N) is 2. The summed E-state index contributed by atoms with van der Waals surface area (Å²) in [6.45, 7) is 1.87. The van der Waals surface area contributed by atoms with Gasteiger partial charge in [-0.05, 0) is 67.9 Å². The maximum absolute atomic E-state index is 12.1. The van der Waals surface area contributed by atoms with E-state index in [4.69, 9.17) is 9.26 Å². The van der Waals surface area contributed by atoms with Gasteiger partial charge in [0.15, 0.2) is 5.76 Å². The molecule has 0 bridgehead atoms. The third-order valence-corrected chi connectivity index (χ3v) is 7.24. The van der Waals surface area contributed by atoms with E-state index in [1.54, 1.807) is 0 Å². The molecular weight excluding hydrogens is 454 g/mol. The van der Waals surface area contributed by atoms with E-state index in [0.717, 1.165) is 35.1 Å². The molecule has 2 aliphatic carbocycles. The topological polar surface area (TPSA) is 97.5 Å². The van der Waals surface area contributed by atoms with Crippen molar-refractivity contribution in [1.82, 2.24) is 10.1 Å². The van der Waals surface area contributed by atoms with Crippen LogP contribution in [-0.2, 0) is 10.2 Å². The van der Waals surface area contributed by atoms with Crippen molar-refractivity contribution in [1.29, 1.82) is 0 Å². The first-order chi connectivity index (χ1) is 17.5. The highest BCUT2D eigenvalue weighted by Gasteiger charge is 2.52. The number of ether oxygens (including phenoxy) is 1. The molecule has 2 aromatic heterocycles. The van der Waals surface area contributed by atoms with E-state index < -0.39 is 11.4 Å². The molecule has 2 aromatic carbocycles. The van der Waals surface area contributed by atoms with Crippen molar-refractivity contribution < 1.29 is 19.2 Å². The van der Waals surface area contributed by atoms with Gasteiger partial charge in [-0.1, -0.05) is 53.7 Å². The van der Waals surface area contributed by atoms with Gasteiger partial charge in [-0.2, -0.15) is 4.98 Å². The van der Waals surface area contributed by atoms with Crippen molar-refractivity contribution in [3.8, 4) is 28.3 Å². The van der Waals surface area contributed by atoms with E-state index in [1.807, 2.05) is 73.7 Å². The highest BCUT2D eigenvalue weighted by atomic mass is 16.5. The lowest BCUT2D eigenvalue weighted by Crippen LogP contribution is -2.24. The Hall–Kier alpha value is -4.13. The third-order valence-electron chi connectivity index (χ3n) is 7.24. The predicted octanol–water partition coefficient (Wildman–Crippen LogP) is 6.50. The maximum Gasteiger partial charge on any atom is 0.314 e. The highest BCUT2D eigenvalue weighted by Crippen LogP contribution is 2.50. The summed E-state index contributed by atoms with van der Waals surface area (Å²) >= 11 is 0. The number of carboxylic acids is 1. The van der Waals surface area contributed by atoms with Crippen LogP contribution in [0.2, 0.25) is 0 Å². The molecule has 0 radical (unpaired) electrons. The molecule has 182 valence electrons. The molecule has 7 heteroatoms. The number of benzene rings is 2. The van der Waals surface area contributed by atoms with Gasteiger partial charge in [0.05, 0.1) is 5.41 Å². The number of carboxylic acid groups (broad SMARTS) is 1. The summed E-state index contributed by atoms with van der Waals surface area (Å²) < 4.78 is 11.8. The molecule has 2 saturated carbocycles. The molecule has 2 aliphatic rings. The van der Waals surface area contributed by atoms with Crippen molar-refractivity contribution in [3.63, 3.8) is 0 Å². The number of hydrogen-bond acceptors (Lipinski definition) is 6. The van der Waals surface area contributed by atoms with Crippen LogP contribution in [0.4, 0.5) is 11.5 Å². The molecule has 36 heavy (non-hydrogen) atoms. The Morgan fingerprint density at radius 1 is 1.06 bits per heavy atom. The summed E-state index contributed by atoms with van der Waals surface area (Å²) in [6.07, 6.45) is 4.81. The third kappa shape index (κ3) is 4.00. The standard InChI is InChI=1S/C29H27N3O4/c1-18-26(31-24-11-6-12-25(30-24)35-21-9-5-10-21)27(36-32-18)23-17-20(29(15-16-29)28(33)34)13-14-22(23)19-7-3-2-4-8-19/h2-4,6-8,11-14,17,21H,5,9-10,15-16H2,1H3,(H,30,31)(H,33,34). The molecule has 0 aliphatic heterocycles. The van der Waals surface area contributed by atoms with Gasteiger partial charge in [-0.25, -0.2) is 0 Å². The number of nitrogens with one attached hydrogen (secondary N) is 1. The Balaban J connectivity index is 1.42. The molecule has 0 amide bonds. The van der Waals surface area contributed by atoms with Gasteiger partial charge in [-0.15, -0.1) is 0 Å². The minimum atomic E-state index is -0.832. The molecule has 0 spiro atoms. The van der Waals surface area contributed by atoms with Crippen molar-refractivity contribution in [2.75, 3.05) is 5.32 Å². The van der Waals surface area contributed by atoms with Crippen LogP contribution in [0.25, 0.3) is 22.5 Å². The summed E-state index contributed by atoms with van der Waals surface area (Å²) in [4.78, 5) is 16.7. The van der Waals surface area contributed by atoms with Crippen LogP contribution in [0, 0.1) is 6.92 Å². The second kappa shape index (κ2) is 8.82. The van der Waals surface area contributed by atoms with Gasteiger partial charge in [0, 0.05) is 11.6 Å².